The van der Waals surface area contributed by atoms with E-state index in [0.29, 0.717) is 4.28 Å². The van der Waals surface area contributed by atoms with Crippen LogP contribution in [-0.2, 0) is 6.42 Å². The predicted octanol–water partition coefficient (Wildman–Crippen LogP) is 2.48. The molecule has 12 heavy (non-hydrogen) atoms. The zero-order valence-electron chi connectivity index (χ0n) is 8.00. The van der Waals surface area contributed by atoms with Crippen LogP contribution < -0.4 is 0 Å². The highest BCUT2D eigenvalue weighted by molar-refractivity contribution is 6.14. The summed E-state index contributed by atoms with van der Waals surface area (Å²) in [6, 6.07) is 10.7. The van der Waals surface area contributed by atoms with Gasteiger partial charge in [-0.25, -0.2) is 0 Å². The highest BCUT2D eigenvalue weighted by Crippen LogP contribution is 2.23. The molecule has 0 saturated heterocycles. The standard InChI is InChI=1S/C10H13.Al.ClH.2H/c1-9(2)8-10-6-4-3-5-7-10;;;;/h3-7H,8H2,1-2H3;;1H;;. The van der Waals surface area contributed by atoms with Crippen LogP contribution >= 0.6 is 12.4 Å². The van der Waals surface area contributed by atoms with E-state index < -0.39 is 0 Å². The fourth-order valence-electron chi connectivity index (χ4n) is 1.21. The van der Waals surface area contributed by atoms with E-state index in [9.17, 15) is 0 Å². The van der Waals surface area contributed by atoms with E-state index in [0.717, 1.165) is 0 Å². The molecule has 0 aromatic heterocycles. The minimum absolute atomic E-state index is 0. The minimum Gasteiger partial charge on any atom is -0.147 e. The Balaban J connectivity index is 0.00000121. The summed E-state index contributed by atoms with van der Waals surface area (Å²) < 4.78 is 0.543. The molecular formula is C10H16AlCl. The molecule has 66 valence electrons. The molecule has 0 unspecified atom stereocenters. The third-order valence-electron chi connectivity index (χ3n) is 1.58. The summed E-state index contributed by atoms with van der Waals surface area (Å²) in [4.78, 5) is 0. The Morgan fingerprint density at radius 1 is 1.17 bits per heavy atom. The van der Waals surface area contributed by atoms with Gasteiger partial charge in [0.05, 0.1) is 0 Å². The first-order chi connectivity index (χ1) is 5.08. The van der Waals surface area contributed by atoms with E-state index in [1.165, 1.54) is 28.3 Å². The first kappa shape index (κ1) is 12.0. The van der Waals surface area contributed by atoms with Gasteiger partial charge in [-0.05, 0) is 12.0 Å². The summed E-state index contributed by atoms with van der Waals surface area (Å²) in [5, 5.41) is 0. The van der Waals surface area contributed by atoms with E-state index in [2.05, 4.69) is 44.2 Å². The SMILES string of the molecule is C[C](C)([AlH2])Cc1ccccc1.Cl. The van der Waals surface area contributed by atoms with Crippen molar-refractivity contribution in [1.29, 1.82) is 0 Å². The number of halogens is 1. The van der Waals surface area contributed by atoms with Crippen molar-refractivity contribution in [2.24, 2.45) is 0 Å². The molecule has 1 aromatic carbocycles. The van der Waals surface area contributed by atoms with Crippen LogP contribution in [0, 0.1) is 0 Å². The molecule has 0 aliphatic heterocycles. The molecule has 0 aliphatic carbocycles. The van der Waals surface area contributed by atoms with Gasteiger partial charge < -0.3 is 0 Å². The molecular weight excluding hydrogens is 183 g/mol. The van der Waals surface area contributed by atoms with Crippen LogP contribution in [0.15, 0.2) is 30.3 Å². The molecule has 0 radical (unpaired) electrons. The molecule has 1 rings (SSSR count). The van der Waals surface area contributed by atoms with Gasteiger partial charge in [0.25, 0.3) is 0 Å². The fraction of sp³-hybridized carbons (Fsp3) is 0.400. The lowest BCUT2D eigenvalue weighted by Gasteiger charge is -2.17. The van der Waals surface area contributed by atoms with Gasteiger partial charge in [-0.15, -0.1) is 12.4 Å². The zero-order valence-corrected chi connectivity index (χ0v) is 10.8. The Hall–Kier alpha value is 0.0425. The van der Waals surface area contributed by atoms with Crippen LogP contribution in [0.1, 0.15) is 19.4 Å². The number of rotatable bonds is 2. The van der Waals surface area contributed by atoms with Crippen LogP contribution in [0.2, 0.25) is 4.28 Å². The van der Waals surface area contributed by atoms with E-state index in [1.807, 2.05) is 0 Å². The first-order valence-electron chi connectivity index (χ1n) is 4.12. The van der Waals surface area contributed by atoms with Gasteiger partial charge in [0.2, 0.25) is 16.3 Å². The van der Waals surface area contributed by atoms with E-state index in [-0.39, 0.29) is 12.4 Å². The maximum absolute atomic E-state index is 2.33. The molecule has 0 saturated carbocycles. The third-order valence-corrected chi connectivity index (χ3v) is 1.93. The number of hydrogen-bond donors (Lipinski definition) is 0. The lowest BCUT2D eigenvalue weighted by molar-refractivity contribution is 0.676. The monoisotopic (exact) mass is 198 g/mol. The molecule has 0 amide bonds. The van der Waals surface area contributed by atoms with Gasteiger partial charge in [-0.2, -0.15) is 0 Å². The van der Waals surface area contributed by atoms with Gasteiger partial charge in [0, 0.05) is 0 Å². The molecule has 0 aliphatic rings. The summed E-state index contributed by atoms with van der Waals surface area (Å²) in [6.45, 7) is 4.65. The summed E-state index contributed by atoms with van der Waals surface area (Å²) >= 11 is 1.26. The van der Waals surface area contributed by atoms with Crippen molar-refractivity contribution in [2.75, 3.05) is 0 Å². The Kier molecular flexibility index (Phi) is 4.94. The van der Waals surface area contributed by atoms with Crippen molar-refractivity contribution >= 4 is 28.7 Å². The molecule has 0 N–H and O–H groups in total. The molecule has 2 heteroatoms. The quantitative estimate of drug-likeness (QED) is 0.641. The number of hydrogen-bond acceptors (Lipinski definition) is 0. The Bertz CT molecular complexity index is 213. The maximum atomic E-state index is 2.33. The Labute approximate surface area is 89.2 Å². The predicted molar refractivity (Wildman–Crippen MR) is 60.0 cm³/mol. The van der Waals surface area contributed by atoms with Crippen molar-refractivity contribution in [3.05, 3.63) is 35.9 Å². The molecule has 1 aromatic rings. The van der Waals surface area contributed by atoms with Gasteiger partial charge in [-0.1, -0.05) is 48.5 Å². The number of benzene rings is 1. The summed E-state index contributed by atoms with van der Waals surface area (Å²) in [7, 11) is 0. The van der Waals surface area contributed by atoms with Crippen LogP contribution in [-0.4, -0.2) is 16.3 Å². The van der Waals surface area contributed by atoms with Crippen LogP contribution in [0.4, 0.5) is 0 Å². The largest absolute Gasteiger partial charge is 0.221 e. The van der Waals surface area contributed by atoms with E-state index >= 15 is 0 Å². The summed E-state index contributed by atoms with van der Waals surface area (Å²) in [6.07, 6.45) is 1.22. The highest BCUT2D eigenvalue weighted by Gasteiger charge is 2.10. The normalized spacial score (nSPS) is 10.5. The summed E-state index contributed by atoms with van der Waals surface area (Å²) in [5.41, 5.74) is 1.47. The molecule has 0 fully saturated rings. The average molecular weight is 199 g/mol. The molecule has 0 heterocycles. The second-order valence-corrected chi connectivity index (χ2v) is 6.93. The third kappa shape index (κ3) is 4.83. The lowest BCUT2D eigenvalue weighted by Crippen LogP contribution is -2.05. The van der Waals surface area contributed by atoms with E-state index in [4.69, 9.17) is 0 Å². The molecule has 0 atom stereocenters. The van der Waals surface area contributed by atoms with Gasteiger partial charge >= 0.3 is 0 Å². The maximum Gasteiger partial charge on any atom is 0.221 e. The smallest absolute Gasteiger partial charge is 0.147 e. The van der Waals surface area contributed by atoms with Gasteiger partial charge in [-0.3, -0.25) is 0 Å². The first-order valence-corrected chi connectivity index (χ1v) is 5.12. The van der Waals surface area contributed by atoms with Crippen molar-refractivity contribution < 1.29 is 0 Å². The zero-order chi connectivity index (χ0) is 8.32. The summed E-state index contributed by atoms with van der Waals surface area (Å²) in [5.74, 6) is 0. The van der Waals surface area contributed by atoms with Crippen molar-refractivity contribution in [3.63, 3.8) is 0 Å². The minimum atomic E-state index is 0. The molecule has 0 nitrogen and oxygen atoms in total. The fourth-order valence-corrected chi connectivity index (χ4v) is 1.62. The van der Waals surface area contributed by atoms with Gasteiger partial charge in [0.15, 0.2) is 0 Å². The van der Waals surface area contributed by atoms with Crippen molar-refractivity contribution in [3.8, 4) is 0 Å². The molecule has 0 spiro atoms. The lowest BCUT2D eigenvalue weighted by atomic mass is 10.0. The van der Waals surface area contributed by atoms with Crippen LogP contribution in [0.25, 0.3) is 0 Å². The average Bonchev–Trinajstić information content (AvgIpc) is 1.85. The van der Waals surface area contributed by atoms with Gasteiger partial charge in [0.1, 0.15) is 0 Å². The van der Waals surface area contributed by atoms with E-state index in [1.54, 1.807) is 0 Å². The Morgan fingerprint density at radius 2 is 1.67 bits per heavy atom. The van der Waals surface area contributed by atoms with Crippen molar-refractivity contribution in [1.82, 2.24) is 0 Å². The second kappa shape index (κ2) is 4.92. The second-order valence-electron chi connectivity index (χ2n) is 4.22. The molecule has 0 bridgehead atoms. The topological polar surface area (TPSA) is 0 Å². The highest BCUT2D eigenvalue weighted by atomic mass is 35.5. The Morgan fingerprint density at radius 3 is 2.08 bits per heavy atom. The van der Waals surface area contributed by atoms with Crippen LogP contribution in [0.3, 0.4) is 0 Å². The van der Waals surface area contributed by atoms with Crippen molar-refractivity contribution in [2.45, 2.75) is 24.5 Å². The van der Waals surface area contributed by atoms with Crippen LogP contribution in [0.5, 0.6) is 0 Å².